The molecule has 0 spiro atoms. The molecule has 2 heterocycles. The number of carbonyl (C=O) groups is 1. The van der Waals surface area contributed by atoms with Crippen LogP contribution in [0.25, 0.3) is 5.65 Å². The van der Waals surface area contributed by atoms with E-state index >= 15 is 0 Å². The number of carbonyl (C=O) groups excluding carboxylic acids is 1. The van der Waals surface area contributed by atoms with Gasteiger partial charge >= 0.3 is 12.1 Å². The van der Waals surface area contributed by atoms with Gasteiger partial charge in [-0.3, -0.25) is 4.40 Å². The summed E-state index contributed by atoms with van der Waals surface area (Å²) in [4.78, 5) is 15.5. The summed E-state index contributed by atoms with van der Waals surface area (Å²) in [7, 11) is 1.16. The number of imidazole rings is 1. The number of hydrogen-bond donors (Lipinski definition) is 0. The number of pyridine rings is 1. The van der Waals surface area contributed by atoms with Crippen molar-refractivity contribution in [1.29, 1.82) is 0 Å². The zero-order valence-corrected chi connectivity index (χ0v) is 9.58. The Labute approximate surface area is 100 Å². The van der Waals surface area contributed by atoms with Crippen molar-refractivity contribution in [3.63, 3.8) is 0 Å². The smallest absolute Gasteiger partial charge is 0.417 e. The molecule has 0 amide bonds. The van der Waals surface area contributed by atoms with Crippen LogP contribution in [0.4, 0.5) is 13.2 Å². The Balaban J connectivity index is 2.71. The molecule has 2 aromatic rings. The molecule has 7 heteroatoms. The highest BCUT2D eigenvalue weighted by Gasteiger charge is 2.31. The van der Waals surface area contributed by atoms with Crippen molar-refractivity contribution in [3.8, 4) is 0 Å². The maximum atomic E-state index is 12.6. The molecule has 18 heavy (non-hydrogen) atoms. The summed E-state index contributed by atoms with van der Waals surface area (Å²) in [5.41, 5.74) is -0.266. The molecule has 0 aliphatic rings. The number of rotatable bonds is 1. The van der Waals surface area contributed by atoms with E-state index in [2.05, 4.69) is 9.72 Å². The van der Waals surface area contributed by atoms with Crippen LogP contribution in [0.2, 0.25) is 0 Å². The number of alkyl halides is 3. The van der Waals surface area contributed by atoms with E-state index in [4.69, 9.17) is 0 Å². The number of fused-ring (bicyclic) bond motifs is 1. The second-order valence-corrected chi connectivity index (χ2v) is 3.68. The summed E-state index contributed by atoms with van der Waals surface area (Å²) < 4.78 is 43.4. The van der Waals surface area contributed by atoms with Gasteiger partial charge in [-0.25, -0.2) is 9.78 Å². The van der Waals surface area contributed by atoms with Crippen molar-refractivity contribution in [2.45, 2.75) is 13.1 Å². The largest absolute Gasteiger partial charge is 0.464 e. The fourth-order valence-electron chi connectivity index (χ4n) is 1.67. The molecular weight excluding hydrogens is 249 g/mol. The van der Waals surface area contributed by atoms with E-state index in [1.54, 1.807) is 0 Å². The van der Waals surface area contributed by atoms with E-state index in [9.17, 15) is 18.0 Å². The Kier molecular flexibility index (Phi) is 2.76. The van der Waals surface area contributed by atoms with Gasteiger partial charge in [0.25, 0.3) is 0 Å². The van der Waals surface area contributed by atoms with Crippen LogP contribution in [0, 0.1) is 6.92 Å². The Morgan fingerprint density at radius 1 is 1.39 bits per heavy atom. The first kappa shape index (κ1) is 12.4. The summed E-state index contributed by atoms with van der Waals surface area (Å²) in [6, 6.07) is 2.13. The van der Waals surface area contributed by atoms with Crippen LogP contribution in [0.3, 0.4) is 0 Å². The van der Waals surface area contributed by atoms with Gasteiger partial charge in [-0.05, 0) is 19.1 Å². The third kappa shape index (κ3) is 1.92. The van der Waals surface area contributed by atoms with Gasteiger partial charge in [0, 0.05) is 6.20 Å². The molecule has 0 N–H and O–H groups in total. The van der Waals surface area contributed by atoms with Gasteiger partial charge in [-0.1, -0.05) is 0 Å². The van der Waals surface area contributed by atoms with Gasteiger partial charge in [-0.2, -0.15) is 13.2 Å². The highest BCUT2D eigenvalue weighted by molar-refractivity contribution is 5.89. The van der Waals surface area contributed by atoms with Crippen LogP contribution in [0.5, 0.6) is 0 Å². The summed E-state index contributed by atoms with van der Waals surface area (Å²) in [5.74, 6) is -0.723. The van der Waals surface area contributed by atoms with Crippen LogP contribution < -0.4 is 0 Å². The fraction of sp³-hybridized carbons (Fsp3) is 0.273. The Morgan fingerprint density at radius 2 is 2.06 bits per heavy atom. The quantitative estimate of drug-likeness (QED) is 0.738. The van der Waals surface area contributed by atoms with Gasteiger partial charge in [0.2, 0.25) is 0 Å². The molecule has 96 valence electrons. The summed E-state index contributed by atoms with van der Waals surface area (Å²) in [6.45, 7) is 1.53. The highest BCUT2D eigenvalue weighted by Crippen LogP contribution is 2.29. The third-order valence-electron chi connectivity index (χ3n) is 2.50. The van der Waals surface area contributed by atoms with Gasteiger partial charge < -0.3 is 4.74 Å². The molecule has 0 fully saturated rings. The zero-order chi connectivity index (χ0) is 13.5. The van der Waals surface area contributed by atoms with E-state index in [1.807, 2.05) is 0 Å². The molecule has 0 radical (unpaired) electrons. The van der Waals surface area contributed by atoms with Crippen molar-refractivity contribution < 1.29 is 22.7 Å². The lowest BCUT2D eigenvalue weighted by Gasteiger charge is -2.07. The number of ether oxygens (including phenoxy) is 1. The first-order valence-corrected chi connectivity index (χ1v) is 4.99. The molecule has 2 rings (SSSR count). The maximum Gasteiger partial charge on any atom is 0.417 e. The molecule has 2 aromatic heterocycles. The van der Waals surface area contributed by atoms with Crippen molar-refractivity contribution in [2.75, 3.05) is 7.11 Å². The Morgan fingerprint density at radius 3 is 2.61 bits per heavy atom. The predicted octanol–water partition coefficient (Wildman–Crippen LogP) is 2.45. The fourth-order valence-corrected chi connectivity index (χ4v) is 1.67. The van der Waals surface area contributed by atoms with E-state index in [0.29, 0.717) is 5.69 Å². The number of nitrogens with zero attached hydrogens (tertiary/aromatic N) is 2. The van der Waals surface area contributed by atoms with Crippen LogP contribution in [-0.4, -0.2) is 22.5 Å². The molecule has 0 bridgehead atoms. The monoisotopic (exact) mass is 258 g/mol. The minimum Gasteiger partial charge on any atom is -0.464 e. The number of aromatic nitrogens is 2. The van der Waals surface area contributed by atoms with Crippen LogP contribution >= 0.6 is 0 Å². The predicted molar refractivity (Wildman–Crippen MR) is 56.3 cm³/mol. The zero-order valence-electron chi connectivity index (χ0n) is 9.58. The molecular formula is C11H9F3N2O2. The lowest BCUT2D eigenvalue weighted by atomic mass is 10.2. The second-order valence-electron chi connectivity index (χ2n) is 3.68. The SMILES string of the molecule is COC(=O)c1c(C)nc2ccc(C(F)(F)F)cn12. The number of esters is 1. The first-order chi connectivity index (χ1) is 8.34. The Hall–Kier alpha value is -2.05. The van der Waals surface area contributed by atoms with E-state index in [1.165, 1.54) is 13.0 Å². The molecule has 0 saturated heterocycles. The number of hydrogen-bond acceptors (Lipinski definition) is 3. The van der Waals surface area contributed by atoms with E-state index in [-0.39, 0.29) is 11.3 Å². The summed E-state index contributed by atoms with van der Waals surface area (Å²) in [6.07, 6.45) is -3.64. The average molecular weight is 258 g/mol. The lowest BCUT2D eigenvalue weighted by molar-refractivity contribution is -0.137. The molecule has 0 aliphatic carbocycles. The van der Waals surface area contributed by atoms with Gasteiger partial charge in [0.05, 0.1) is 18.4 Å². The molecule has 4 nitrogen and oxygen atoms in total. The maximum absolute atomic E-state index is 12.6. The topological polar surface area (TPSA) is 43.6 Å². The molecule has 0 atom stereocenters. The average Bonchev–Trinajstić information content (AvgIpc) is 2.61. The van der Waals surface area contributed by atoms with Crippen molar-refractivity contribution in [2.24, 2.45) is 0 Å². The van der Waals surface area contributed by atoms with Crippen LogP contribution in [0.1, 0.15) is 21.7 Å². The standard InChI is InChI=1S/C11H9F3N2O2/c1-6-9(10(17)18-2)16-5-7(11(12,13)14)3-4-8(16)15-6/h3-5H,1-2H3. The van der Waals surface area contributed by atoms with Crippen molar-refractivity contribution in [3.05, 3.63) is 35.3 Å². The molecule has 0 unspecified atom stereocenters. The van der Waals surface area contributed by atoms with Gasteiger partial charge in [0.1, 0.15) is 5.65 Å². The van der Waals surface area contributed by atoms with Crippen molar-refractivity contribution >= 4 is 11.6 Å². The summed E-state index contributed by atoms with van der Waals surface area (Å²) in [5, 5.41) is 0. The summed E-state index contributed by atoms with van der Waals surface area (Å²) >= 11 is 0. The highest BCUT2D eigenvalue weighted by atomic mass is 19.4. The third-order valence-corrected chi connectivity index (χ3v) is 2.50. The van der Waals surface area contributed by atoms with Gasteiger partial charge in [0.15, 0.2) is 5.69 Å². The molecule has 0 aromatic carbocycles. The number of halogens is 3. The Bertz CT molecular complexity index is 617. The first-order valence-electron chi connectivity index (χ1n) is 4.99. The van der Waals surface area contributed by atoms with Crippen LogP contribution in [0.15, 0.2) is 18.3 Å². The number of methoxy groups -OCH3 is 1. The minimum absolute atomic E-state index is 0.00130. The lowest BCUT2D eigenvalue weighted by Crippen LogP contribution is -2.10. The van der Waals surface area contributed by atoms with E-state index < -0.39 is 17.7 Å². The molecule has 0 aliphatic heterocycles. The van der Waals surface area contributed by atoms with E-state index in [0.717, 1.165) is 23.8 Å². The van der Waals surface area contributed by atoms with Crippen molar-refractivity contribution in [1.82, 2.24) is 9.38 Å². The van der Waals surface area contributed by atoms with Gasteiger partial charge in [-0.15, -0.1) is 0 Å². The normalized spacial score (nSPS) is 11.8. The number of aryl methyl sites for hydroxylation is 1. The van der Waals surface area contributed by atoms with Crippen LogP contribution in [-0.2, 0) is 10.9 Å². The second kappa shape index (κ2) is 4.01. The minimum atomic E-state index is -4.47. The molecule has 0 saturated carbocycles.